The van der Waals surface area contributed by atoms with Gasteiger partial charge in [0.1, 0.15) is 18.1 Å². The van der Waals surface area contributed by atoms with Gasteiger partial charge in [0.25, 0.3) is 0 Å². The number of methoxy groups -OCH3 is 1. The number of aromatic amines is 1. The van der Waals surface area contributed by atoms with Crippen LogP contribution >= 0.6 is 0 Å². The molecular weight excluding hydrogens is 420 g/mol. The molecule has 34 heavy (non-hydrogen) atoms. The van der Waals surface area contributed by atoms with Gasteiger partial charge >= 0.3 is 0 Å². The maximum Gasteiger partial charge on any atom is 0.124 e. The van der Waals surface area contributed by atoms with Crippen LogP contribution in [0.1, 0.15) is 61.2 Å². The SMILES string of the molecule is CCC(C)(C)c1ccc(OC)c(C2NCCc3c2[nH]c2ccc(OCc4ccccc4)cc32)c1. The number of fused-ring (bicyclic) bond motifs is 3. The summed E-state index contributed by atoms with van der Waals surface area (Å²) in [7, 11) is 1.76. The third-order valence-corrected chi connectivity index (χ3v) is 7.38. The average Bonchev–Trinajstić information content (AvgIpc) is 3.26. The van der Waals surface area contributed by atoms with Crippen molar-refractivity contribution in [1.82, 2.24) is 10.3 Å². The fourth-order valence-corrected chi connectivity index (χ4v) is 4.89. The highest BCUT2D eigenvalue weighted by atomic mass is 16.5. The van der Waals surface area contributed by atoms with Crippen molar-refractivity contribution in [2.75, 3.05) is 13.7 Å². The van der Waals surface area contributed by atoms with E-state index < -0.39 is 0 Å². The molecule has 0 amide bonds. The van der Waals surface area contributed by atoms with Crippen LogP contribution in [-0.2, 0) is 18.4 Å². The van der Waals surface area contributed by atoms with Crippen LogP contribution < -0.4 is 14.8 Å². The highest BCUT2D eigenvalue weighted by molar-refractivity contribution is 5.86. The predicted octanol–water partition coefficient (Wildman–Crippen LogP) is 6.68. The summed E-state index contributed by atoms with van der Waals surface area (Å²) < 4.78 is 11.9. The molecule has 1 aromatic heterocycles. The Morgan fingerprint density at radius 1 is 1.00 bits per heavy atom. The van der Waals surface area contributed by atoms with Gasteiger partial charge in [-0.05, 0) is 65.3 Å². The Bertz CT molecular complexity index is 1290. The summed E-state index contributed by atoms with van der Waals surface area (Å²) in [5.41, 5.74) is 7.56. The molecule has 0 bridgehead atoms. The molecule has 1 aliphatic rings. The first-order valence-corrected chi connectivity index (χ1v) is 12.2. The lowest BCUT2D eigenvalue weighted by molar-refractivity contribution is 0.306. The number of benzene rings is 3. The molecule has 1 aliphatic heterocycles. The van der Waals surface area contributed by atoms with Gasteiger partial charge < -0.3 is 19.8 Å². The van der Waals surface area contributed by atoms with Crippen molar-refractivity contribution in [1.29, 1.82) is 0 Å². The smallest absolute Gasteiger partial charge is 0.124 e. The minimum Gasteiger partial charge on any atom is -0.496 e. The molecule has 0 saturated heterocycles. The second-order valence-corrected chi connectivity index (χ2v) is 9.83. The first-order chi connectivity index (χ1) is 16.5. The van der Waals surface area contributed by atoms with Crippen LogP contribution in [0.15, 0.2) is 66.7 Å². The zero-order valence-corrected chi connectivity index (χ0v) is 20.6. The number of H-pyrrole nitrogens is 1. The minimum atomic E-state index is 0.0624. The Balaban J connectivity index is 1.51. The van der Waals surface area contributed by atoms with Gasteiger partial charge in [0.05, 0.1) is 13.2 Å². The highest BCUT2D eigenvalue weighted by Gasteiger charge is 2.29. The summed E-state index contributed by atoms with van der Waals surface area (Å²) in [6, 6.07) is 23.4. The van der Waals surface area contributed by atoms with Gasteiger partial charge in [0.2, 0.25) is 0 Å². The van der Waals surface area contributed by atoms with Crippen molar-refractivity contribution in [3.05, 3.63) is 94.7 Å². The number of ether oxygens (including phenoxy) is 2. The Morgan fingerprint density at radius 3 is 2.59 bits per heavy atom. The summed E-state index contributed by atoms with van der Waals surface area (Å²) in [6.07, 6.45) is 2.07. The molecule has 4 nitrogen and oxygen atoms in total. The van der Waals surface area contributed by atoms with E-state index in [1.54, 1.807) is 7.11 Å². The zero-order valence-electron chi connectivity index (χ0n) is 20.6. The fraction of sp³-hybridized carbons (Fsp3) is 0.333. The maximum atomic E-state index is 6.12. The molecular formula is C30H34N2O2. The van der Waals surface area contributed by atoms with Crippen LogP contribution in [-0.4, -0.2) is 18.6 Å². The van der Waals surface area contributed by atoms with Gasteiger partial charge in [-0.25, -0.2) is 0 Å². The molecule has 1 unspecified atom stereocenters. The van der Waals surface area contributed by atoms with E-state index in [1.165, 1.54) is 33.3 Å². The van der Waals surface area contributed by atoms with Crippen molar-refractivity contribution in [2.45, 2.75) is 51.7 Å². The first-order valence-electron chi connectivity index (χ1n) is 12.2. The molecule has 3 aromatic carbocycles. The summed E-state index contributed by atoms with van der Waals surface area (Å²) in [6.45, 7) is 8.34. The van der Waals surface area contributed by atoms with E-state index in [1.807, 2.05) is 18.2 Å². The van der Waals surface area contributed by atoms with Crippen molar-refractivity contribution >= 4 is 10.9 Å². The van der Waals surface area contributed by atoms with Crippen molar-refractivity contribution in [3.8, 4) is 11.5 Å². The molecule has 0 aliphatic carbocycles. The molecule has 0 spiro atoms. The van der Waals surface area contributed by atoms with Crippen LogP contribution in [0, 0.1) is 0 Å². The van der Waals surface area contributed by atoms with Crippen molar-refractivity contribution in [3.63, 3.8) is 0 Å². The van der Waals surface area contributed by atoms with Crippen LogP contribution in [0.4, 0.5) is 0 Å². The van der Waals surface area contributed by atoms with E-state index in [4.69, 9.17) is 9.47 Å². The molecule has 0 saturated carbocycles. The van der Waals surface area contributed by atoms with Gasteiger partial charge in [-0.15, -0.1) is 0 Å². The molecule has 0 fully saturated rings. The van der Waals surface area contributed by atoms with Gasteiger partial charge in [0, 0.05) is 28.7 Å². The standard InChI is InChI=1S/C30H34N2O2/c1-5-30(2,3)21-11-14-27(33-4)25(17-21)28-29-23(15-16-31-28)24-18-22(12-13-26(24)32-29)34-19-20-9-7-6-8-10-20/h6-14,17-18,28,31-32H,5,15-16,19H2,1-4H3. The van der Waals surface area contributed by atoms with E-state index in [0.29, 0.717) is 6.61 Å². The van der Waals surface area contributed by atoms with Gasteiger partial charge in [-0.3, -0.25) is 0 Å². The Morgan fingerprint density at radius 2 is 1.82 bits per heavy atom. The molecule has 176 valence electrons. The molecule has 4 aromatic rings. The lowest BCUT2D eigenvalue weighted by Gasteiger charge is -2.29. The monoisotopic (exact) mass is 454 g/mol. The second-order valence-electron chi connectivity index (χ2n) is 9.83. The van der Waals surface area contributed by atoms with E-state index in [-0.39, 0.29) is 11.5 Å². The number of nitrogens with one attached hydrogen (secondary N) is 2. The van der Waals surface area contributed by atoms with E-state index in [2.05, 4.69) is 79.6 Å². The predicted molar refractivity (Wildman–Crippen MR) is 139 cm³/mol. The van der Waals surface area contributed by atoms with E-state index in [0.717, 1.165) is 36.4 Å². The Labute approximate surface area is 202 Å². The third-order valence-electron chi connectivity index (χ3n) is 7.38. The van der Waals surface area contributed by atoms with Crippen LogP contribution in [0.5, 0.6) is 11.5 Å². The Kier molecular flexibility index (Phi) is 6.09. The number of rotatable bonds is 7. The zero-order chi connectivity index (χ0) is 23.7. The number of aromatic nitrogens is 1. The molecule has 2 heterocycles. The minimum absolute atomic E-state index is 0.0624. The molecule has 4 heteroatoms. The molecule has 0 radical (unpaired) electrons. The third kappa shape index (κ3) is 4.19. The number of hydrogen-bond donors (Lipinski definition) is 2. The lowest BCUT2D eigenvalue weighted by Crippen LogP contribution is -2.31. The van der Waals surface area contributed by atoms with Crippen LogP contribution in [0.3, 0.4) is 0 Å². The average molecular weight is 455 g/mol. The van der Waals surface area contributed by atoms with Crippen LogP contribution in [0.25, 0.3) is 10.9 Å². The molecule has 1 atom stereocenters. The summed E-state index contributed by atoms with van der Waals surface area (Å²) in [4.78, 5) is 3.72. The summed E-state index contributed by atoms with van der Waals surface area (Å²) >= 11 is 0. The second kappa shape index (κ2) is 9.19. The largest absolute Gasteiger partial charge is 0.496 e. The highest BCUT2D eigenvalue weighted by Crippen LogP contribution is 2.40. The first kappa shape index (κ1) is 22.5. The van der Waals surface area contributed by atoms with Gasteiger partial charge in [-0.1, -0.05) is 57.2 Å². The number of hydrogen-bond acceptors (Lipinski definition) is 3. The maximum absolute atomic E-state index is 6.12. The quantitative estimate of drug-likeness (QED) is 0.327. The van der Waals surface area contributed by atoms with Crippen LogP contribution in [0.2, 0.25) is 0 Å². The van der Waals surface area contributed by atoms with Crippen molar-refractivity contribution in [2.24, 2.45) is 0 Å². The van der Waals surface area contributed by atoms with Crippen molar-refractivity contribution < 1.29 is 9.47 Å². The summed E-state index contributed by atoms with van der Waals surface area (Å²) in [5.74, 6) is 1.82. The normalized spacial score (nSPS) is 15.8. The lowest BCUT2D eigenvalue weighted by atomic mass is 9.80. The molecule has 2 N–H and O–H groups in total. The topological polar surface area (TPSA) is 46.3 Å². The van der Waals surface area contributed by atoms with Gasteiger partial charge in [-0.2, -0.15) is 0 Å². The van der Waals surface area contributed by atoms with E-state index in [9.17, 15) is 0 Å². The van der Waals surface area contributed by atoms with Gasteiger partial charge in [0.15, 0.2) is 0 Å². The van der Waals surface area contributed by atoms with E-state index >= 15 is 0 Å². The Hall–Kier alpha value is -3.24. The fourth-order valence-electron chi connectivity index (χ4n) is 4.89. The molecule has 5 rings (SSSR count). The summed E-state index contributed by atoms with van der Waals surface area (Å²) in [5, 5.41) is 4.99.